The fraction of sp³-hybridized carbons (Fsp3) is 0.306. The average Bonchev–Trinajstić information content (AvgIpc) is 3.50. The summed E-state index contributed by atoms with van der Waals surface area (Å²) in [7, 11) is 3.08. The number of halogens is 3. The molecule has 0 bridgehead atoms. The van der Waals surface area contributed by atoms with Crippen LogP contribution in [0.4, 0.5) is 13.2 Å². The molecule has 1 aromatic heterocycles. The highest BCUT2D eigenvalue weighted by atomic mass is 19.4. The number of aliphatic hydroxyl groups excluding tert-OH is 2. The quantitative estimate of drug-likeness (QED) is 0.130. The third-order valence-corrected chi connectivity index (χ3v) is 8.67. The molecule has 1 aliphatic heterocycles. The van der Waals surface area contributed by atoms with Gasteiger partial charge in [-0.2, -0.15) is 13.2 Å². The number of aromatic nitrogens is 2. The van der Waals surface area contributed by atoms with Crippen LogP contribution < -0.4 is 26.0 Å². The van der Waals surface area contributed by atoms with Crippen molar-refractivity contribution in [3.05, 3.63) is 134 Å². The van der Waals surface area contributed by atoms with Crippen LogP contribution >= 0.6 is 0 Å². The lowest BCUT2D eigenvalue weighted by molar-refractivity contribution is -0.173. The minimum atomic E-state index is -5.02. The molecular weight excluding hydrogens is 659 g/mol. The van der Waals surface area contributed by atoms with E-state index in [4.69, 9.17) is 14.2 Å². The predicted octanol–water partition coefficient (Wildman–Crippen LogP) is 3.68. The third-order valence-electron chi connectivity index (χ3n) is 8.67. The topological polar surface area (TPSA) is 152 Å². The first-order valence-corrected chi connectivity index (χ1v) is 15.6. The van der Waals surface area contributed by atoms with Gasteiger partial charge in [0.2, 0.25) is 0 Å². The highest BCUT2D eigenvalue weighted by Crippen LogP contribution is 2.47. The second kappa shape index (κ2) is 15.2. The molecule has 4 atom stereocenters. The van der Waals surface area contributed by atoms with Gasteiger partial charge in [-0.3, -0.25) is 19.1 Å². The zero-order valence-electron chi connectivity index (χ0n) is 27.1. The summed E-state index contributed by atoms with van der Waals surface area (Å²) in [6, 6.07) is 23.5. The summed E-state index contributed by atoms with van der Waals surface area (Å²) in [5.41, 5.74) is -0.962. The smallest absolute Gasteiger partial charge is 0.471 e. The zero-order valence-corrected chi connectivity index (χ0v) is 27.1. The van der Waals surface area contributed by atoms with E-state index in [2.05, 4.69) is 4.98 Å². The number of nitrogens with one attached hydrogen (secondary N) is 2. The number of alkyl halides is 3. The molecule has 1 aliphatic rings. The van der Waals surface area contributed by atoms with Crippen LogP contribution in [0, 0.1) is 0 Å². The van der Waals surface area contributed by atoms with E-state index in [-0.39, 0.29) is 24.9 Å². The summed E-state index contributed by atoms with van der Waals surface area (Å²) >= 11 is 0. The van der Waals surface area contributed by atoms with Crippen molar-refractivity contribution in [3.63, 3.8) is 0 Å². The van der Waals surface area contributed by atoms with Crippen LogP contribution in [0.3, 0.4) is 0 Å². The molecule has 264 valence electrons. The summed E-state index contributed by atoms with van der Waals surface area (Å²) < 4.78 is 55.4. The van der Waals surface area contributed by atoms with Crippen molar-refractivity contribution in [2.24, 2.45) is 0 Å². The second-order valence-electron chi connectivity index (χ2n) is 11.6. The van der Waals surface area contributed by atoms with Crippen LogP contribution in [0.25, 0.3) is 6.08 Å². The second-order valence-corrected chi connectivity index (χ2v) is 11.6. The number of benzene rings is 3. The van der Waals surface area contributed by atoms with Gasteiger partial charge >= 0.3 is 17.8 Å². The Morgan fingerprint density at radius 3 is 2.08 bits per heavy atom. The first kappa shape index (κ1) is 36.1. The monoisotopic (exact) mass is 695 g/mol. The minimum Gasteiger partial charge on any atom is -0.497 e. The Kier molecular flexibility index (Phi) is 10.9. The molecule has 1 amide bonds. The van der Waals surface area contributed by atoms with Crippen LogP contribution in [0.15, 0.2) is 101 Å². The van der Waals surface area contributed by atoms with Crippen molar-refractivity contribution < 1.29 is 42.4 Å². The fourth-order valence-corrected chi connectivity index (χ4v) is 6.21. The number of hydrogen-bond donors (Lipinski definition) is 4. The molecule has 50 heavy (non-hydrogen) atoms. The van der Waals surface area contributed by atoms with E-state index in [9.17, 15) is 37.8 Å². The Hall–Kier alpha value is -5.18. The molecule has 11 nitrogen and oxygen atoms in total. The first-order valence-electron chi connectivity index (χ1n) is 15.6. The van der Waals surface area contributed by atoms with Crippen LogP contribution in [-0.4, -0.2) is 70.9 Å². The molecule has 4 N–H and O–H groups in total. The van der Waals surface area contributed by atoms with Gasteiger partial charge in [-0.15, -0.1) is 0 Å². The number of hydrogen-bond acceptors (Lipinski definition) is 8. The summed E-state index contributed by atoms with van der Waals surface area (Å²) in [5.74, 6) is -0.905. The largest absolute Gasteiger partial charge is 0.497 e. The molecule has 2 heterocycles. The van der Waals surface area contributed by atoms with Gasteiger partial charge in [0.25, 0.3) is 5.56 Å². The first-order chi connectivity index (χ1) is 23.9. The number of aliphatic hydroxyl groups is 2. The Balaban J connectivity index is 1.50. The maximum Gasteiger partial charge on any atom is 0.471 e. The Bertz CT molecular complexity index is 1860. The number of nitrogens with zero attached hydrogens (tertiary/aromatic N) is 1. The summed E-state index contributed by atoms with van der Waals surface area (Å²) in [6.07, 6.45) is -6.41. The number of H-pyrrole nitrogens is 1. The van der Waals surface area contributed by atoms with E-state index in [0.717, 1.165) is 4.57 Å². The van der Waals surface area contributed by atoms with Crippen molar-refractivity contribution in [2.75, 3.05) is 20.8 Å². The summed E-state index contributed by atoms with van der Waals surface area (Å²) in [5, 5.41) is 25.7. The maximum absolute atomic E-state index is 13.0. The Morgan fingerprint density at radius 1 is 0.980 bits per heavy atom. The van der Waals surface area contributed by atoms with E-state index in [0.29, 0.717) is 28.2 Å². The van der Waals surface area contributed by atoms with Crippen molar-refractivity contribution in [1.82, 2.24) is 14.9 Å². The molecule has 1 saturated heterocycles. The van der Waals surface area contributed by atoms with Gasteiger partial charge in [0.1, 0.15) is 29.9 Å². The van der Waals surface area contributed by atoms with Gasteiger partial charge in [-0.05, 0) is 47.4 Å². The van der Waals surface area contributed by atoms with E-state index in [1.54, 1.807) is 43.8 Å². The summed E-state index contributed by atoms with van der Waals surface area (Å²) in [4.78, 5) is 38.7. The molecular formula is C36H36F3N3O8. The maximum atomic E-state index is 13.0. The zero-order chi connectivity index (χ0) is 36.1. The number of methoxy groups -OCH3 is 2. The molecule has 1 unspecified atom stereocenters. The van der Waals surface area contributed by atoms with Gasteiger partial charge in [0, 0.05) is 19.2 Å². The Labute approximate surface area is 284 Å². The number of amides is 1. The van der Waals surface area contributed by atoms with E-state index in [1.807, 2.05) is 54.6 Å². The molecule has 4 aromatic rings. The fourth-order valence-electron chi connectivity index (χ4n) is 6.21. The normalized spacial score (nSPS) is 18.6. The van der Waals surface area contributed by atoms with Gasteiger partial charge < -0.3 is 29.7 Å². The van der Waals surface area contributed by atoms with Crippen molar-refractivity contribution in [2.45, 2.75) is 49.0 Å². The molecule has 1 fully saturated rings. The van der Waals surface area contributed by atoms with Crippen LogP contribution in [-0.2, 0) is 14.9 Å². The number of carbonyl (C=O) groups excluding carboxylic acids is 1. The lowest BCUT2D eigenvalue weighted by atomic mass is 9.64. The van der Waals surface area contributed by atoms with Crippen molar-refractivity contribution in [3.8, 4) is 11.5 Å². The van der Waals surface area contributed by atoms with Crippen molar-refractivity contribution >= 4 is 12.0 Å². The van der Waals surface area contributed by atoms with Gasteiger partial charge in [-0.25, -0.2) is 4.79 Å². The Morgan fingerprint density at radius 2 is 1.54 bits per heavy atom. The number of rotatable bonds is 12. The number of carbonyl (C=O) groups is 1. The average molecular weight is 696 g/mol. The molecule has 0 aliphatic carbocycles. The molecule has 0 radical (unpaired) electrons. The molecule has 5 rings (SSSR count). The highest BCUT2D eigenvalue weighted by molar-refractivity contribution is 5.81. The third kappa shape index (κ3) is 7.37. The SMILES string of the molecule is COc1ccc(C(c2ccccc2)(c2ccc(OC)cc2)C(O)[C@H]2O[C@@H](n3cc(C=CCCNC(=O)C(F)(F)F)c(=O)[nH]c3=O)C[C@@H]2O)cc1. The van der Waals surface area contributed by atoms with Crippen LogP contribution in [0.5, 0.6) is 11.5 Å². The highest BCUT2D eigenvalue weighted by Gasteiger charge is 2.52. The van der Waals surface area contributed by atoms with Gasteiger partial charge in [-0.1, -0.05) is 66.7 Å². The van der Waals surface area contributed by atoms with Gasteiger partial charge in [0.15, 0.2) is 0 Å². The lowest BCUT2D eigenvalue weighted by Crippen LogP contribution is -2.51. The van der Waals surface area contributed by atoms with E-state index in [1.165, 1.54) is 18.3 Å². The predicted molar refractivity (Wildman–Crippen MR) is 177 cm³/mol. The number of aromatic amines is 1. The van der Waals surface area contributed by atoms with Gasteiger partial charge in [0.05, 0.1) is 31.3 Å². The lowest BCUT2D eigenvalue weighted by Gasteiger charge is -2.43. The molecule has 0 saturated carbocycles. The summed E-state index contributed by atoms with van der Waals surface area (Å²) in [6.45, 7) is -0.338. The van der Waals surface area contributed by atoms with E-state index >= 15 is 0 Å². The molecule has 14 heteroatoms. The molecule has 3 aromatic carbocycles. The van der Waals surface area contributed by atoms with Crippen molar-refractivity contribution in [1.29, 1.82) is 0 Å². The van der Waals surface area contributed by atoms with Crippen LogP contribution in [0.2, 0.25) is 0 Å². The standard InChI is InChI=1S/C36H36F3N3O8/c1-48-26-15-11-24(12-16-26)35(23-9-4-3-5-10-23,25-13-17-27(49-2)18-14-25)31(44)30-28(43)20-29(50-30)42-21-22(32(45)41-34(42)47)8-6-7-19-40-33(46)36(37,38)39/h3-6,8-18,21,28-31,43-44H,7,19-20H2,1-2H3,(H,40,46)(H,41,45,47)/t28-,29+,30-,31?/m0/s1. The van der Waals surface area contributed by atoms with E-state index < -0.39 is 53.3 Å². The van der Waals surface area contributed by atoms with Crippen LogP contribution in [0.1, 0.15) is 41.3 Å². The number of ether oxygens (including phenoxy) is 3. The molecule has 0 spiro atoms. The minimum absolute atomic E-state index is 0.0241.